The van der Waals surface area contributed by atoms with Crippen LogP contribution >= 0.6 is 11.3 Å². The van der Waals surface area contributed by atoms with Crippen molar-refractivity contribution in [1.82, 2.24) is 14.7 Å². The molecule has 1 aromatic carbocycles. The van der Waals surface area contributed by atoms with Gasteiger partial charge in [-0.25, -0.2) is 0 Å². The molecule has 154 valence electrons. The summed E-state index contributed by atoms with van der Waals surface area (Å²) in [5.74, 6) is 0.454. The molecule has 0 spiro atoms. The number of carbonyl (C=O) groups excluding carboxylic acids is 2. The summed E-state index contributed by atoms with van der Waals surface area (Å²) in [4.78, 5) is 32.8. The number of hydrogen-bond acceptors (Lipinski definition) is 4. The molecular weight excluding hydrogens is 382 g/mol. The molecule has 2 aliphatic rings. The molecule has 4 rings (SSSR count). The van der Waals surface area contributed by atoms with Gasteiger partial charge >= 0.3 is 0 Å². The van der Waals surface area contributed by atoms with Gasteiger partial charge in [-0.3, -0.25) is 14.5 Å². The van der Waals surface area contributed by atoms with E-state index in [2.05, 4.69) is 34.1 Å². The molecule has 2 aliphatic heterocycles. The molecule has 0 radical (unpaired) electrons. The van der Waals surface area contributed by atoms with Crippen molar-refractivity contribution in [3.8, 4) is 0 Å². The van der Waals surface area contributed by atoms with E-state index in [1.54, 1.807) is 0 Å². The molecule has 0 aliphatic carbocycles. The highest BCUT2D eigenvalue weighted by Gasteiger charge is 2.31. The molecule has 29 heavy (non-hydrogen) atoms. The third kappa shape index (κ3) is 5.06. The van der Waals surface area contributed by atoms with Crippen LogP contribution in [0.5, 0.6) is 0 Å². The number of benzene rings is 1. The second kappa shape index (κ2) is 9.55. The van der Waals surface area contributed by atoms with Gasteiger partial charge in [-0.15, -0.1) is 11.3 Å². The topological polar surface area (TPSA) is 43.9 Å². The zero-order chi connectivity index (χ0) is 20.1. The zero-order valence-corrected chi connectivity index (χ0v) is 17.7. The van der Waals surface area contributed by atoms with E-state index in [1.807, 2.05) is 28.5 Å². The molecule has 6 heteroatoms. The van der Waals surface area contributed by atoms with E-state index in [9.17, 15) is 9.59 Å². The van der Waals surface area contributed by atoms with Crippen LogP contribution in [0.1, 0.15) is 34.5 Å². The molecule has 2 amide bonds. The van der Waals surface area contributed by atoms with Crippen LogP contribution in [0.2, 0.25) is 0 Å². The van der Waals surface area contributed by atoms with E-state index in [4.69, 9.17) is 0 Å². The number of carbonyl (C=O) groups is 2. The maximum absolute atomic E-state index is 13.1. The van der Waals surface area contributed by atoms with Crippen LogP contribution in [-0.4, -0.2) is 65.8 Å². The Morgan fingerprint density at radius 3 is 2.38 bits per heavy atom. The van der Waals surface area contributed by atoms with Crippen molar-refractivity contribution >= 4 is 23.2 Å². The smallest absolute Gasteiger partial charge is 0.263 e. The number of thiophene rings is 1. The molecule has 0 bridgehead atoms. The van der Waals surface area contributed by atoms with Crippen LogP contribution in [-0.2, 0) is 11.3 Å². The number of piperidine rings is 1. The van der Waals surface area contributed by atoms with E-state index >= 15 is 0 Å². The Labute approximate surface area is 176 Å². The van der Waals surface area contributed by atoms with Crippen molar-refractivity contribution in [2.45, 2.75) is 25.8 Å². The highest BCUT2D eigenvalue weighted by molar-refractivity contribution is 7.12. The Kier molecular flexibility index (Phi) is 6.62. The van der Waals surface area contributed by atoms with Gasteiger partial charge in [-0.1, -0.05) is 36.4 Å². The largest absolute Gasteiger partial charge is 0.341 e. The third-order valence-corrected chi connectivity index (χ3v) is 6.87. The normalized spacial score (nSPS) is 19.2. The van der Waals surface area contributed by atoms with Gasteiger partial charge in [0, 0.05) is 51.7 Å². The predicted octanol–water partition coefficient (Wildman–Crippen LogP) is 3.33. The standard InChI is InChI=1S/C23H29N3O2S/c27-22(20-9-13-26(14-10-20)23(28)21-8-4-17-29-21)25-12-5-11-24(15-16-25)18-19-6-2-1-3-7-19/h1-4,6-8,17,20H,5,9-16,18H2. The van der Waals surface area contributed by atoms with Crippen molar-refractivity contribution in [3.05, 3.63) is 58.3 Å². The first-order chi connectivity index (χ1) is 14.2. The average Bonchev–Trinajstić information content (AvgIpc) is 3.21. The maximum Gasteiger partial charge on any atom is 0.263 e. The second-order valence-electron chi connectivity index (χ2n) is 7.98. The zero-order valence-electron chi connectivity index (χ0n) is 16.8. The number of rotatable bonds is 4. The Morgan fingerprint density at radius 1 is 0.862 bits per heavy atom. The molecule has 2 aromatic rings. The number of amides is 2. The molecule has 1 aromatic heterocycles. The van der Waals surface area contributed by atoms with E-state index in [0.29, 0.717) is 13.1 Å². The van der Waals surface area contributed by atoms with Crippen molar-refractivity contribution in [2.75, 3.05) is 39.3 Å². The Hall–Kier alpha value is -2.18. The highest BCUT2D eigenvalue weighted by Crippen LogP contribution is 2.23. The number of nitrogens with zero attached hydrogens (tertiary/aromatic N) is 3. The van der Waals surface area contributed by atoms with Gasteiger partial charge < -0.3 is 9.80 Å². The minimum atomic E-state index is 0.0584. The molecule has 0 atom stereocenters. The average molecular weight is 412 g/mol. The van der Waals surface area contributed by atoms with Gasteiger partial charge in [-0.2, -0.15) is 0 Å². The minimum absolute atomic E-state index is 0.0584. The van der Waals surface area contributed by atoms with Gasteiger partial charge in [0.2, 0.25) is 5.91 Å². The summed E-state index contributed by atoms with van der Waals surface area (Å²) >= 11 is 1.49. The Balaban J connectivity index is 1.26. The van der Waals surface area contributed by atoms with Crippen LogP contribution in [0.4, 0.5) is 0 Å². The van der Waals surface area contributed by atoms with Gasteiger partial charge in [0.1, 0.15) is 0 Å². The predicted molar refractivity (Wildman–Crippen MR) is 116 cm³/mol. The summed E-state index contributed by atoms with van der Waals surface area (Å²) in [6, 6.07) is 14.3. The van der Waals surface area contributed by atoms with Gasteiger partial charge in [0.15, 0.2) is 0 Å². The van der Waals surface area contributed by atoms with Crippen LogP contribution in [0.15, 0.2) is 47.8 Å². The van der Waals surface area contributed by atoms with Crippen molar-refractivity contribution in [1.29, 1.82) is 0 Å². The summed E-state index contributed by atoms with van der Waals surface area (Å²) in [6.07, 6.45) is 2.58. The van der Waals surface area contributed by atoms with Crippen molar-refractivity contribution in [3.63, 3.8) is 0 Å². The van der Waals surface area contributed by atoms with E-state index in [-0.39, 0.29) is 17.7 Å². The van der Waals surface area contributed by atoms with Crippen LogP contribution in [0, 0.1) is 5.92 Å². The first kappa shape index (κ1) is 20.1. The fourth-order valence-corrected chi connectivity index (χ4v) is 5.03. The van der Waals surface area contributed by atoms with Gasteiger partial charge in [-0.05, 0) is 36.3 Å². The SMILES string of the molecule is O=C(c1cccs1)N1CCC(C(=O)N2CCCN(Cc3ccccc3)CC2)CC1. The lowest BCUT2D eigenvalue weighted by molar-refractivity contribution is -0.136. The Bertz CT molecular complexity index is 801. The second-order valence-corrected chi connectivity index (χ2v) is 8.93. The fourth-order valence-electron chi connectivity index (χ4n) is 4.33. The van der Waals surface area contributed by atoms with Gasteiger partial charge in [0.25, 0.3) is 5.91 Å². The van der Waals surface area contributed by atoms with E-state index in [0.717, 1.165) is 56.9 Å². The molecule has 5 nitrogen and oxygen atoms in total. The maximum atomic E-state index is 13.1. The van der Waals surface area contributed by atoms with Gasteiger partial charge in [0.05, 0.1) is 4.88 Å². The van der Waals surface area contributed by atoms with Crippen LogP contribution < -0.4 is 0 Å². The molecule has 0 unspecified atom stereocenters. The molecule has 0 saturated carbocycles. The summed E-state index contributed by atoms with van der Waals surface area (Å²) < 4.78 is 0. The summed E-state index contributed by atoms with van der Waals surface area (Å²) in [5.41, 5.74) is 1.33. The molecular formula is C23H29N3O2S. The summed E-state index contributed by atoms with van der Waals surface area (Å²) in [5, 5.41) is 1.93. The monoisotopic (exact) mass is 411 g/mol. The van der Waals surface area contributed by atoms with E-state index < -0.39 is 0 Å². The first-order valence-corrected chi connectivity index (χ1v) is 11.5. The number of hydrogen-bond donors (Lipinski definition) is 0. The Morgan fingerprint density at radius 2 is 1.66 bits per heavy atom. The van der Waals surface area contributed by atoms with Crippen LogP contribution in [0.25, 0.3) is 0 Å². The lowest BCUT2D eigenvalue weighted by Gasteiger charge is -2.34. The van der Waals surface area contributed by atoms with Crippen molar-refractivity contribution in [2.24, 2.45) is 5.92 Å². The number of likely N-dealkylation sites (tertiary alicyclic amines) is 1. The quantitative estimate of drug-likeness (QED) is 0.775. The highest BCUT2D eigenvalue weighted by atomic mass is 32.1. The van der Waals surface area contributed by atoms with Crippen molar-refractivity contribution < 1.29 is 9.59 Å². The molecule has 0 N–H and O–H groups in total. The van der Waals surface area contributed by atoms with E-state index in [1.165, 1.54) is 16.9 Å². The summed E-state index contributed by atoms with van der Waals surface area (Å²) in [7, 11) is 0. The lowest BCUT2D eigenvalue weighted by atomic mass is 9.95. The molecule has 2 fully saturated rings. The third-order valence-electron chi connectivity index (χ3n) is 6.01. The lowest BCUT2D eigenvalue weighted by Crippen LogP contribution is -2.45. The fraction of sp³-hybridized carbons (Fsp3) is 0.478. The first-order valence-electron chi connectivity index (χ1n) is 10.6. The summed E-state index contributed by atoms with van der Waals surface area (Å²) in [6.45, 7) is 5.93. The minimum Gasteiger partial charge on any atom is -0.341 e. The van der Waals surface area contributed by atoms with Crippen LogP contribution in [0.3, 0.4) is 0 Å². The molecule has 3 heterocycles. The molecule has 2 saturated heterocycles.